The van der Waals surface area contributed by atoms with Crippen LogP contribution in [0.2, 0.25) is 0 Å². The summed E-state index contributed by atoms with van der Waals surface area (Å²) < 4.78 is 7.17. The van der Waals surface area contributed by atoms with E-state index in [-0.39, 0.29) is 5.91 Å². The summed E-state index contributed by atoms with van der Waals surface area (Å²) in [6.07, 6.45) is 5.74. The van der Waals surface area contributed by atoms with E-state index in [1.54, 1.807) is 19.5 Å². The van der Waals surface area contributed by atoms with Crippen LogP contribution in [0.1, 0.15) is 11.3 Å². The molecule has 0 atom stereocenters. The number of fused-ring (bicyclic) bond motifs is 1. The Morgan fingerprint density at radius 1 is 1.26 bits per heavy atom. The fourth-order valence-corrected chi connectivity index (χ4v) is 3.66. The van der Waals surface area contributed by atoms with Crippen molar-refractivity contribution in [3.63, 3.8) is 0 Å². The van der Waals surface area contributed by atoms with Crippen molar-refractivity contribution in [1.82, 2.24) is 19.7 Å². The van der Waals surface area contributed by atoms with E-state index in [1.807, 2.05) is 52.4 Å². The number of ether oxygens (including phenoxy) is 1. The standard InChI is InChI=1S/C20H18N4O2S/c1-26-17-6-4-15(5-7-17)18-12-24-16(13-27-20(24)23-18)9-19(25)22-11-14-3-2-8-21-10-14/h2-8,10,12-13H,9,11H2,1H3,(H,22,25). The SMILES string of the molecule is COc1ccc(-c2cn3c(CC(=O)NCc4cccnc4)csc3n2)cc1. The van der Waals surface area contributed by atoms with E-state index in [0.29, 0.717) is 13.0 Å². The van der Waals surface area contributed by atoms with Crippen molar-refractivity contribution in [2.24, 2.45) is 0 Å². The first-order valence-electron chi connectivity index (χ1n) is 8.48. The van der Waals surface area contributed by atoms with Crippen LogP contribution in [0.5, 0.6) is 5.75 Å². The molecule has 0 saturated heterocycles. The molecule has 0 radical (unpaired) electrons. The number of carbonyl (C=O) groups excluding carboxylic acids is 1. The number of thiazole rings is 1. The number of imidazole rings is 1. The molecular weight excluding hydrogens is 360 g/mol. The second-order valence-electron chi connectivity index (χ2n) is 6.05. The summed E-state index contributed by atoms with van der Waals surface area (Å²) in [5.41, 5.74) is 3.79. The molecule has 1 amide bonds. The van der Waals surface area contributed by atoms with Crippen LogP contribution in [0.3, 0.4) is 0 Å². The number of rotatable bonds is 6. The van der Waals surface area contributed by atoms with Gasteiger partial charge < -0.3 is 10.1 Å². The molecule has 6 nitrogen and oxygen atoms in total. The Morgan fingerprint density at radius 2 is 2.11 bits per heavy atom. The largest absolute Gasteiger partial charge is 0.497 e. The fourth-order valence-electron chi connectivity index (χ4n) is 2.79. The van der Waals surface area contributed by atoms with Crippen LogP contribution in [-0.2, 0) is 17.8 Å². The van der Waals surface area contributed by atoms with Gasteiger partial charge in [0, 0.05) is 41.8 Å². The lowest BCUT2D eigenvalue weighted by Gasteiger charge is -2.04. The van der Waals surface area contributed by atoms with Crippen molar-refractivity contribution >= 4 is 22.2 Å². The van der Waals surface area contributed by atoms with E-state index in [2.05, 4.69) is 15.3 Å². The second-order valence-corrected chi connectivity index (χ2v) is 6.89. The van der Waals surface area contributed by atoms with E-state index >= 15 is 0 Å². The third-order valence-electron chi connectivity index (χ3n) is 4.22. The minimum Gasteiger partial charge on any atom is -0.497 e. The zero-order valence-electron chi connectivity index (χ0n) is 14.8. The minimum atomic E-state index is -0.0294. The lowest BCUT2D eigenvalue weighted by atomic mass is 10.2. The number of hydrogen-bond acceptors (Lipinski definition) is 5. The number of carbonyl (C=O) groups is 1. The van der Waals surface area contributed by atoms with Gasteiger partial charge in [-0.1, -0.05) is 6.07 Å². The van der Waals surface area contributed by atoms with Crippen molar-refractivity contribution in [1.29, 1.82) is 0 Å². The van der Waals surface area contributed by atoms with Gasteiger partial charge in [0.05, 0.1) is 19.2 Å². The van der Waals surface area contributed by atoms with Gasteiger partial charge in [-0.15, -0.1) is 11.3 Å². The Bertz CT molecular complexity index is 1050. The van der Waals surface area contributed by atoms with Crippen molar-refractivity contribution in [2.45, 2.75) is 13.0 Å². The Balaban J connectivity index is 1.47. The quantitative estimate of drug-likeness (QED) is 0.559. The molecule has 4 rings (SSSR count). The fraction of sp³-hybridized carbons (Fsp3) is 0.150. The molecular formula is C20H18N4O2S. The number of nitrogens with one attached hydrogen (secondary N) is 1. The van der Waals surface area contributed by atoms with E-state index < -0.39 is 0 Å². The van der Waals surface area contributed by atoms with Gasteiger partial charge in [0.25, 0.3) is 0 Å². The van der Waals surface area contributed by atoms with Crippen LogP contribution in [0.4, 0.5) is 0 Å². The molecule has 27 heavy (non-hydrogen) atoms. The van der Waals surface area contributed by atoms with E-state index in [1.165, 1.54) is 11.3 Å². The molecule has 0 spiro atoms. The zero-order chi connectivity index (χ0) is 18.6. The maximum Gasteiger partial charge on any atom is 0.226 e. The number of amides is 1. The molecule has 0 aliphatic rings. The van der Waals surface area contributed by atoms with Crippen LogP contribution >= 0.6 is 11.3 Å². The number of pyridine rings is 1. The molecule has 1 N–H and O–H groups in total. The molecule has 0 bridgehead atoms. The van der Waals surface area contributed by atoms with Gasteiger partial charge in [-0.05, 0) is 35.9 Å². The first-order valence-corrected chi connectivity index (χ1v) is 9.36. The summed E-state index contributed by atoms with van der Waals surface area (Å²) in [6.45, 7) is 0.473. The van der Waals surface area contributed by atoms with Gasteiger partial charge in [0.2, 0.25) is 5.91 Å². The zero-order valence-corrected chi connectivity index (χ0v) is 15.6. The molecule has 4 aromatic rings. The molecule has 0 aliphatic carbocycles. The number of methoxy groups -OCH3 is 1. The topological polar surface area (TPSA) is 68.5 Å². The molecule has 0 unspecified atom stereocenters. The smallest absolute Gasteiger partial charge is 0.226 e. The van der Waals surface area contributed by atoms with Crippen LogP contribution in [0, 0.1) is 0 Å². The van der Waals surface area contributed by atoms with E-state index in [4.69, 9.17) is 4.74 Å². The lowest BCUT2D eigenvalue weighted by molar-refractivity contribution is -0.120. The van der Waals surface area contributed by atoms with Gasteiger partial charge in [0.1, 0.15) is 5.75 Å². The highest BCUT2D eigenvalue weighted by atomic mass is 32.1. The maximum absolute atomic E-state index is 12.3. The van der Waals surface area contributed by atoms with E-state index in [9.17, 15) is 4.79 Å². The summed E-state index contributed by atoms with van der Waals surface area (Å²) in [7, 11) is 1.65. The minimum absolute atomic E-state index is 0.0294. The predicted octanol–water partition coefficient (Wildman–Crippen LogP) is 3.33. The average Bonchev–Trinajstić information content (AvgIpc) is 3.29. The third-order valence-corrected chi connectivity index (χ3v) is 5.11. The Kier molecular flexibility index (Phi) is 4.84. The van der Waals surface area contributed by atoms with Crippen LogP contribution in [-0.4, -0.2) is 27.4 Å². The van der Waals surface area contributed by atoms with Crippen LogP contribution < -0.4 is 10.1 Å². The van der Waals surface area contributed by atoms with Gasteiger partial charge in [-0.25, -0.2) is 4.98 Å². The van der Waals surface area contributed by atoms with Gasteiger partial charge in [-0.2, -0.15) is 0 Å². The molecule has 7 heteroatoms. The van der Waals surface area contributed by atoms with Crippen LogP contribution in [0.15, 0.2) is 60.4 Å². The highest BCUT2D eigenvalue weighted by Crippen LogP contribution is 2.25. The maximum atomic E-state index is 12.3. The molecule has 3 aromatic heterocycles. The lowest BCUT2D eigenvalue weighted by Crippen LogP contribution is -2.25. The normalized spacial score (nSPS) is 10.9. The van der Waals surface area contributed by atoms with E-state index in [0.717, 1.165) is 33.2 Å². The van der Waals surface area contributed by atoms with Gasteiger partial charge >= 0.3 is 0 Å². The molecule has 0 aliphatic heterocycles. The summed E-state index contributed by atoms with van der Waals surface area (Å²) in [4.78, 5) is 21.9. The summed E-state index contributed by atoms with van der Waals surface area (Å²) in [6, 6.07) is 11.6. The Labute approximate surface area is 160 Å². The van der Waals surface area contributed by atoms with Gasteiger partial charge in [-0.3, -0.25) is 14.2 Å². The van der Waals surface area contributed by atoms with Crippen LogP contribution in [0.25, 0.3) is 16.2 Å². The number of hydrogen-bond donors (Lipinski definition) is 1. The highest BCUT2D eigenvalue weighted by Gasteiger charge is 2.12. The molecule has 136 valence electrons. The number of benzene rings is 1. The number of nitrogens with zero attached hydrogens (tertiary/aromatic N) is 3. The van der Waals surface area contributed by atoms with Crippen molar-refractivity contribution in [3.8, 4) is 17.0 Å². The Morgan fingerprint density at radius 3 is 2.85 bits per heavy atom. The first kappa shape index (κ1) is 17.2. The molecule has 0 fully saturated rings. The second kappa shape index (κ2) is 7.59. The molecule has 0 saturated carbocycles. The molecule has 3 heterocycles. The Hall–Kier alpha value is -3.19. The summed E-state index contributed by atoms with van der Waals surface area (Å²) >= 11 is 1.53. The predicted molar refractivity (Wildman–Crippen MR) is 105 cm³/mol. The highest BCUT2D eigenvalue weighted by molar-refractivity contribution is 7.15. The summed E-state index contributed by atoms with van der Waals surface area (Å²) in [5, 5.41) is 4.91. The molecule has 1 aromatic carbocycles. The first-order chi connectivity index (χ1) is 13.2. The van der Waals surface area contributed by atoms with Gasteiger partial charge in [0.15, 0.2) is 4.96 Å². The van der Waals surface area contributed by atoms with Crippen molar-refractivity contribution < 1.29 is 9.53 Å². The summed E-state index contributed by atoms with van der Waals surface area (Å²) in [5.74, 6) is 0.781. The number of aromatic nitrogens is 3. The third kappa shape index (κ3) is 3.83. The monoisotopic (exact) mass is 378 g/mol. The average molecular weight is 378 g/mol. The van der Waals surface area contributed by atoms with Crippen molar-refractivity contribution in [2.75, 3.05) is 7.11 Å². The van der Waals surface area contributed by atoms with Crippen molar-refractivity contribution in [3.05, 3.63) is 71.6 Å².